The van der Waals surface area contributed by atoms with Gasteiger partial charge in [-0.25, -0.2) is 4.99 Å². The molecule has 0 amide bonds. The van der Waals surface area contributed by atoms with E-state index < -0.39 is 0 Å². The van der Waals surface area contributed by atoms with E-state index in [2.05, 4.69) is 5.32 Å². The van der Waals surface area contributed by atoms with E-state index in [9.17, 15) is 0 Å². The molecule has 0 saturated heterocycles. The average molecular weight is 287 g/mol. The predicted octanol–water partition coefficient (Wildman–Crippen LogP) is 4.46. The molecule has 0 unspecified atom stereocenters. The Morgan fingerprint density at radius 3 is 2.00 bits per heavy atom. The Morgan fingerprint density at radius 2 is 1.32 bits per heavy atom. The predicted molar refractivity (Wildman–Crippen MR) is 93.6 cm³/mol. The van der Waals surface area contributed by atoms with Crippen molar-refractivity contribution in [3.05, 3.63) is 90.5 Å². The normalized spacial score (nSPS) is 11.2. The van der Waals surface area contributed by atoms with E-state index >= 15 is 0 Å². The first kappa shape index (κ1) is 13.9. The fourth-order valence-electron chi connectivity index (χ4n) is 2.16. The number of hydrogen-bond donors (Lipinski definition) is 2. The van der Waals surface area contributed by atoms with Gasteiger partial charge in [0.1, 0.15) is 5.84 Å². The molecular formula is C19H17N3. The number of hydrogen-bond acceptors (Lipinski definition) is 2. The Hall–Kier alpha value is -3.07. The molecule has 0 atom stereocenters. The van der Waals surface area contributed by atoms with Crippen molar-refractivity contribution in [2.45, 2.75) is 0 Å². The van der Waals surface area contributed by atoms with Crippen molar-refractivity contribution in [3.8, 4) is 0 Å². The Balaban J connectivity index is 2.03. The summed E-state index contributed by atoms with van der Waals surface area (Å²) in [7, 11) is 0. The highest BCUT2D eigenvalue weighted by Gasteiger charge is 2.08. The number of nitrogens with one attached hydrogen (secondary N) is 1. The van der Waals surface area contributed by atoms with Crippen LogP contribution in [-0.4, -0.2) is 5.84 Å². The zero-order valence-electron chi connectivity index (χ0n) is 12.1. The van der Waals surface area contributed by atoms with Crippen LogP contribution < -0.4 is 11.1 Å². The third-order valence-electron chi connectivity index (χ3n) is 3.25. The lowest BCUT2D eigenvalue weighted by atomic mass is 10.1. The van der Waals surface area contributed by atoms with Gasteiger partial charge in [-0.05, 0) is 36.4 Å². The monoisotopic (exact) mass is 287 g/mol. The van der Waals surface area contributed by atoms with Gasteiger partial charge in [-0.2, -0.15) is 0 Å². The van der Waals surface area contributed by atoms with Crippen LogP contribution in [0.25, 0.3) is 0 Å². The SMILES string of the molecule is Nc1ccccc1C(=Nc1ccccc1)Nc1ccccc1. The van der Waals surface area contributed by atoms with Gasteiger partial charge < -0.3 is 11.1 Å². The van der Waals surface area contributed by atoms with Gasteiger partial charge >= 0.3 is 0 Å². The summed E-state index contributed by atoms with van der Waals surface area (Å²) in [6, 6.07) is 27.5. The number of aliphatic imine (C=N–C) groups is 1. The molecule has 3 aromatic carbocycles. The Kier molecular flexibility index (Phi) is 4.16. The highest BCUT2D eigenvalue weighted by Crippen LogP contribution is 2.19. The Morgan fingerprint density at radius 1 is 0.727 bits per heavy atom. The minimum absolute atomic E-state index is 0.695. The molecule has 0 bridgehead atoms. The molecule has 3 heteroatoms. The van der Waals surface area contributed by atoms with Gasteiger partial charge in [-0.15, -0.1) is 0 Å². The summed E-state index contributed by atoms with van der Waals surface area (Å²) in [5.74, 6) is 0.732. The topological polar surface area (TPSA) is 50.4 Å². The van der Waals surface area contributed by atoms with Gasteiger partial charge in [0.2, 0.25) is 0 Å². The van der Waals surface area contributed by atoms with Crippen molar-refractivity contribution in [2.24, 2.45) is 4.99 Å². The molecule has 0 aliphatic rings. The second-order valence-corrected chi connectivity index (χ2v) is 4.87. The molecule has 22 heavy (non-hydrogen) atoms. The van der Waals surface area contributed by atoms with Crippen LogP contribution in [0.4, 0.5) is 17.1 Å². The minimum atomic E-state index is 0.695. The van der Waals surface area contributed by atoms with Gasteiger partial charge in [-0.1, -0.05) is 48.5 Å². The molecule has 3 aromatic rings. The number of nitrogen functional groups attached to an aromatic ring is 1. The average Bonchev–Trinajstić information content (AvgIpc) is 2.57. The Bertz CT molecular complexity index is 765. The molecule has 0 heterocycles. The van der Waals surface area contributed by atoms with Crippen LogP contribution in [0.5, 0.6) is 0 Å². The zero-order valence-corrected chi connectivity index (χ0v) is 12.1. The van der Waals surface area contributed by atoms with Crippen LogP contribution in [0.3, 0.4) is 0 Å². The largest absolute Gasteiger partial charge is 0.398 e. The summed E-state index contributed by atoms with van der Waals surface area (Å²) in [6.07, 6.45) is 0. The highest BCUT2D eigenvalue weighted by molar-refractivity contribution is 6.12. The fraction of sp³-hybridized carbons (Fsp3) is 0. The molecule has 0 spiro atoms. The van der Waals surface area contributed by atoms with Gasteiger partial charge in [0.25, 0.3) is 0 Å². The lowest BCUT2D eigenvalue weighted by Crippen LogP contribution is -2.15. The molecule has 3 nitrogen and oxygen atoms in total. The molecule has 3 rings (SSSR count). The first-order chi connectivity index (χ1) is 10.8. The number of rotatable bonds is 3. The Labute approximate surface area is 130 Å². The van der Waals surface area contributed by atoms with Crippen molar-refractivity contribution >= 4 is 22.9 Å². The van der Waals surface area contributed by atoms with E-state index in [0.29, 0.717) is 5.69 Å². The van der Waals surface area contributed by atoms with Crippen molar-refractivity contribution in [1.29, 1.82) is 0 Å². The summed E-state index contributed by atoms with van der Waals surface area (Å²) < 4.78 is 0. The van der Waals surface area contributed by atoms with E-state index in [0.717, 1.165) is 22.8 Å². The first-order valence-corrected chi connectivity index (χ1v) is 7.13. The minimum Gasteiger partial charge on any atom is -0.398 e. The standard InChI is InChI=1S/C19H17N3/c20-18-14-8-7-13-17(18)19(21-15-9-3-1-4-10-15)22-16-11-5-2-6-12-16/h1-14H,20H2,(H,21,22). The quantitative estimate of drug-likeness (QED) is 0.424. The maximum atomic E-state index is 6.11. The number of benzene rings is 3. The van der Waals surface area contributed by atoms with E-state index in [1.54, 1.807) is 0 Å². The van der Waals surface area contributed by atoms with Gasteiger partial charge in [0.15, 0.2) is 0 Å². The molecule has 3 N–H and O–H groups in total. The van der Waals surface area contributed by atoms with E-state index in [1.165, 1.54) is 0 Å². The maximum absolute atomic E-state index is 6.11. The van der Waals surface area contributed by atoms with Gasteiger partial charge in [-0.3, -0.25) is 0 Å². The first-order valence-electron chi connectivity index (χ1n) is 7.13. The second kappa shape index (κ2) is 6.59. The molecule has 0 aromatic heterocycles. The van der Waals surface area contributed by atoms with E-state index in [1.807, 2.05) is 84.9 Å². The third kappa shape index (κ3) is 3.33. The third-order valence-corrected chi connectivity index (χ3v) is 3.25. The fourth-order valence-corrected chi connectivity index (χ4v) is 2.16. The number of anilines is 2. The molecular weight excluding hydrogens is 270 g/mol. The summed E-state index contributed by atoms with van der Waals surface area (Å²) in [6.45, 7) is 0. The van der Waals surface area contributed by atoms with E-state index in [-0.39, 0.29) is 0 Å². The van der Waals surface area contributed by atoms with Crippen LogP contribution >= 0.6 is 0 Å². The zero-order chi connectivity index (χ0) is 15.2. The van der Waals surface area contributed by atoms with Crippen LogP contribution in [-0.2, 0) is 0 Å². The van der Waals surface area contributed by atoms with Gasteiger partial charge in [0.05, 0.1) is 5.69 Å². The van der Waals surface area contributed by atoms with Crippen molar-refractivity contribution in [2.75, 3.05) is 11.1 Å². The molecule has 0 fully saturated rings. The number of nitrogens with zero attached hydrogens (tertiary/aromatic N) is 1. The van der Waals surface area contributed by atoms with Crippen LogP contribution in [0.1, 0.15) is 5.56 Å². The van der Waals surface area contributed by atoms with Gasteiger partial charge in [0, 0.05) is 16.9 Å². The van der Waals surface area contributed by atoms with Crippen molar-refractivity contribution in [1.82, 2.24) is 0 Å². The number of amidine groups is 1. The molecule has 0 radical (unpaired) electrons. The second-order valence-electron chi connectivity index (χ2n) is 4.87. The lowest BCUT2D eigenvalue weighted by molar-refractivity contribution is 1.46. The highest BCUT2D eigenvalue weighted by atomic mass is 15.0. The van der Waals surface area contributed by atoms with E-state index in [4.69, 9.17) is 10.7 Å². The summed E-state index contributed by atoms with van der Waals surface area (Å²) in [4.78, 5) is 4.71. The van der Waals surface area contributed by atoms with Crippen LogP contribution in [0, 0.1) is 0 Å². The molecule has 108 valence electrons. The maximum Gasteiger partial charge on any atom is 0.140 e. The summed E-state index contributed by atoms with van der Waals surface area (Å²) in [5.41, 5.74) is 9.54. The summed E-state index contributed by atoms with van der Waals surface area (Å²) in [5, 5.41) is 3.35. The lowest BCUT2D eigenvalue weighted by Gasteiger charge is -2.12. The van der Waals surface area contributed by atoms with Crippen molar-refractivity contribution < 1.29 is 0 Å². The number of para-hydroxylation sites is 3. The van der Waals surface area contributed by atoms with Crippen molar-refractivity contribution in [3.63, 3.8) is 0 Å². The summed E-state index contributed by atoms with van der Waals surface area (Å²) >= 11 is 0. The molecule has 0 saturated carbocycles. The smallest absolute Gasteiger partial charge is 0.140 e. The molecule has 0 aliphatic heterocycles. The molecule has 0 aliphatic carbocycles. The number of nitrogens with two attached hydrogens (primary N) is 1. The van der Waals surface area contributed by atoms with Crippen LogP contribution in [0.2, 0.25) is 0 Å². The van der Waals surface area contributed by atoms with Crippen LogP contribution in [0.15, 0.2) is 89.9 Å².